The van der Waals surface area contributed by atoms with E-state index in [2.05, 4.69) is 17.6 Å². The summed E-state index contributed by atoms with van der Waals surface area (Å²) in [6.07, 6.45) is 4.31. The van der Waals surface area contributed by atoms with Crippen molar-refractivity contribution in [2.45, 2.75) is 44.8 Å². The van der Waals surface area contributed by atoms with Crippen molar-refractivity contribution in [2.24, 2.45) is 0 Å². The van der Waals surface area contributed by atoms with Gasteiger partial charge < -0.3 is 9.30 Å². The zero-order valence-corrected chi connectivity index (χ0v) is 12.0. The molecule has 0 bridgehead atoms. The molecule has 0 unspecified atom stereocenters. The van der Waals surface area contributed by atoms with Gasteiger partial charge in [-0.15, -0.1) is 0 Å². The van der Waals surface area contributed by atoms with Gasteiger partial charge in [-0.3, -0.25) is 0 Å². The molecule has 1 aliphatic rings. The van der Waals surface area contributed by atoms with Crippen LogP contribution in [-0.2, 0) is 17.7 Å². The maximum Gasteiger partial charge on any atom is 0.112 e. The molecule has 20 heavy (non-hydrogen) atoms. The van der Waals surface area contributed by atoms with Crippen molar-refractivity contribution in [3.05, 3.63) is 29.6 Å². The Morgan fingerprint density at radius 1 is 1.45 bits per heavy atom. The second kappa shape index (κ2) is 4.92. The van der Waals surface area contributed by atoms with Gasteiger partial charge in [0, 0.05) is 20.1 Å². The summed E-state index contributed by atoms with van der Waals surface area (Å²) in [6, 6.07) is 7.89. The number of nitriles is 1. The van der Waals surface area contributed by atoms with Crippen molar-refractivity contribution in [1.82, 2.24) is 9.55 Å². The normalized spacial score (nSPS) is 16.9. The molecule has 104 valence electrons. The number of ether oxygens (including phenoxy) is 1. The summed E-state index contributed by atoms with van der Waals surface area (Å²) in [4.78, 5) is 4.74. The molecule has 0 N–H and O–H groups in total. The Labute approximate surface area is 119 Å². The third-order valence-electron chi connectivity index (χ3n) is 4.45. The van der Waals surface area contributed by atoms with Crippen molar-refractivity contribution in [1.29, 1.82) is 5.26 Å². The Bertz CT molecular complexity index is 671. The lowest BCUT2D eigenvalue weighted by atomic mass is 9.77. The topological polar surface area (TPSA) is 50.8 Å². The van der Waals surface area contributed by atoms with Crippen LogP contribution in [-0.4, -0.2) is 22.3 Å². The molecule has 4 heteroatoms. The molecular weight excluding hydrogens is 250 g/mol. The SMILES string of the molecule is CCn1c(CC2(OC)CCC2)nc2cc(C#N)ccc21. The molecule has 0 saturated heterocycles. The zero-order valence-electron chi connectivity index (χ0n) is 12.0. The number of aryl methyl sites for hydroxylation is 1. The standard InChI is InChI=1S/C16H19N3O/c1-3-19-14-6-5-12(11-17)9-13(14)18-15(19)10-16(20-2)7-4-8-16/h5-6,9H,3-4,7-8,10H2,1-2H3. The number of benzene rings is 1. The van der Waals surface area contributed by atoms with Crippen LogP contribution in [0.1, 0.15) is 37.6 Å². The summed E-state index contributed by atoms with van der Waals surface area (Å²) in [6.45, 7) is 3.01. The second-order valence-corrected chi connectivity index (χ2v) is 5.51. The fourth-order valence-corrected chi connectivity index (χ4v) is 3.05. The number of methoxy groups -OCH3 is 1. The van der Waals surface area contributed by atoms with E-state index in [-0.39, 0.29) is 5.60 Å². The number of hydrogen-bond donors (Lipinski definition) is 0. The first-order chi connectivity index (χ1) is 9.71. The molecule has 2 aromatic rings. The summed E-state index contributed by atoms with van der Waals surface area (Å²) in [5.41, 5.74) is 2.65. The summed E-state index contributed by atoms with van der Waals surface area (Å²) in [7, 11) is 1.80. The van der Waals surface area contributed by atoms with E-state index in [0.29, 0.717) is 5.56 Å². The molecule has 1 fully saturated rings. The average molecular weight is 269 g/mol. The highest BCUT2D eigenvalue weighted by molar-refractivity contribution is 5.77. The molecule has 0 aliphatic heterocycles. The lowest BCUT2D eigenvalue weighted by Gasteiger charge is -2.40. The molecule has 4 nitrogen and oxygen atoms in total. The molecule has 0 radical (unpaired) electrons. The van der Waals surface area contributed by atoms with Crippen LogP contribution in [0.25, 0.3) is 11.0 Å². The zero-order chi connectivity index (χ0) is 14.2. The van der Waals surface area contributed by atoms with Crippen LogP contribution in [0.5, 0.6) is 0 Å². The lowest BCUT2D eigenvalue weighted by molar-refractivity contribution is -0.0725. The van der Waals surface area contributed by atoms with Crippen LogP contribution in [0.3, 0.4) is 0 Å². The summed E-state index contributed by atoms with van der Waals surface area (Å²) in [5.74, 6) is 1.07. The van der Waals surface area contributed by atoms with Gasteiger partial charge in [0.05, 0.1) is 28.3 Å². The minimum Gasteiger partial charge on any atom is -0.378 e. The lowest BCUT2D eigenvalue weighted by Crippen LogP contribution is -2.42. The van der Waals surface area contributed by atoms with E-state index in [1.807, 2.05) is 18.2 Å². The average Bonchev–Trinajstić information content (AvgIpc) is 2.78. The van der Waals surface area contributed by atoms with Gasteiger partial charge in [-0.05, 0) is 44.4 Å². The predicted molar refractivity (Wildman–Crippen MR) is 77.4 cm³/mol. The Morgan fingerprint density at radius 2 is 2.25 bits per heavy atom. The molecule has 1 aromatic heterocycles. The number of hydrogen-bond acceptors (Lipinski definition) is 3. The van der Waals surface area contributed by atoms with Gasteiger partial charge in [0.2, 0.25) is 0 Å². The highest BCUT2D eigenvalue weighted by atomic mass is 16.5. The Hall–Kier alpha value is -1.86. The number of nitrogens with zero attached hydrogens (tertiary/aromatic N) is 3. The van der Waals surface area contributed by atoms with Crippen LogP contribution < -0.4 is 0 Å². The largest absolute Gasteiger partial charge is 0.378 e. The van der Waals surface area contributed by atoms with E-state index in [1.165, 1.54) is 6.42 Å². The number of fused-ring (bicyclic) bond motifs is 1. The molecular formula is C16H19N3O. The van der Waals surface area contributed by atoms with E-state index in [1.54, 1.807) is 7.11 Å². The van der Waals surface area contributed by atoms with E-state index in [9.17, 15) is 0 Å². The van der Waals surface area contributed by atoms with Gasteiger partial charge in [0.15, 0.2) is 0 Å². The van der Waals surface area contributed by atoms with Gasteiger partial charge in [0.1, 0.15) is 5.82 Å². The smallest absolute Gasteiger partial charge is 0.112 e. The Kier molecular flexibility index (Phi) is 3.23. The molecule has 3 rings (SSSR count). The number of imidazole rings is 1. The van der Waals surface area contributed by atoms with E-state index >= 15 is 0 Å². The minimum atomic E-state index is -0.0215. The van der Waals surface area contributed by atoms with Crippen LogP contribution in [0, 0.1) is 11.3 Å². The van der Waals surface area contributed by atoms with Gasteiger partial charge >= 0.3 is 0 Å². The molecule has 1 saturated carbocycles. The van der Waals surface area contributed by atoms with Gasteiger partial charge in [-0.2, -0.15) is 5.26 Å². The highest BCUT2D eigenvalue weighted by Gasteiger charge is 2.38. The van der Waals surface area contributed by atoms with Crippen molar-refractivity contribution in [3.63, 3.8) is 0 Å². The quantitative estimate of drug-likeness (QED) is 0.857. The van der Waals surface area contributed by atoms with E-state index < -0.39 is 0 Å². The number of aromatic nitrogens is 2. The van der Waals surface area contributed by atoms with Crippen molar-refractivity contribution >= 4 is 11.0 Å². The Morgan fingerprint density at radius 3 is 2.80 bits per heavy atom. The first-order valence-corrected chi connectivity index (χ1v) is 7.16. The molecule has 1 aromatic carbocycles. The van der Waals surface area contributed by atoms with Gasteiger partial charge in [-0.1, -0.05) is 0 Å². The fourth-order valence-electron chi connectivity index (χ4n) is 3.05. The third-order valence-corrected chi connectivity index (χ3v) is 4.45. The van der Waals surface area contributed by atoms with Crippen molar-refractivity contribution in [3.8, 4) is 6.07 Å². The van der Waals surface area contributed by atoms with E-state index in [4.69, 9.17) is 15.0 Å². The highest BCUT2D eigenvalue weighted by Crippen LogP contribution is 2.38. The summed E-state index contributed by atoms with van der Waals surface area (Å²) < 4.78 is 7.94. The van der Waals surface area contributed by atoms with Gasteiger partial charge in [-0.25, -0.2) is 4.98 Å². The van der Waals surface area contributed by atoms with Crippen LogP contribution in [0.4, 0.5) is 0 Å². The fraction of sp³-hybridized carbons (Fsp3) is 0.500. The van der Waals surface area contributed by atoms with Crippen molar-refractivity contribution in [2.75, 3.05) is 7.11 Å². The van der Waals surface area contributed by atoms with Crippen LogP contribution in [0.15, 0.2) is 18.2 Å². The maximum atomic E-state index is 9.00. The summed E-state index contributed by atoms with van der Waals surface area (Å²) in [5, 5.41) is 9.00. The molecule has 1 heterocycles. The second-order valence-electron chi connectivity index (χ2n) is 5.51. The monoisotopic (exact) mass is 269 g/mol. The summed E-state index contributed by atoms with van der Waals surface area (Å²) >= 11 is 0. The molecule has 1 aliphatic carbocycles. The third kappa shape index (κ3) is 1.99. The molecule has 0 spiro atoms. The Balaban J connectivity index is 2.04. The first kappa shape index (κ1) is 13.1. The van der Waals surface area contributed by atoms with E-state index in [0.717, 1.165) is 42.7 Å². The number of rotatable bonds is 4. The van der Waals surface area contributed by atoms with Gasteiger partial charge in [0.25, 0.3) is 0 Å². The first-order valence-electron chi connectivity index (χ1n) is 7.16. The minimum absolute atomic E-state index is 0.0215. The van der Waals surface area contributed by atoms with Crippen molar-refractivity contribution < 1.29 is 4.74 Å². The van der Waals surface area contributed by atoms with Crippen LogP contribution >= 0.6 is 0 Å². The predicted octanol–water partition coefficient (Wildman–Crippen LogP) is 3.04. The van der Waals surface area contributed by atoms with Crippen LogP contribution in [0.2, 0.25) is 0 Å². The molecule has 0 amide bonds. The maximum absolute atomic E-state index is 9.00. The molecule has 0 atom stereocenters.